The van der Waals surface area contributed by atoms with Crippen molar-refractivity contribution in [2.24, 2.45) is 0 Å². The number of nitrogens with one attached hydrogen (secondary N) is 1. The summed E-state index contributed by atoms with van der Waals surface area (Å²) in [6.07, 6.45) is 1.49. The predicted molar refractivity (Wildman–Crippen MR) is 74.5 cm³/mol. The van der Waals surface area contributed by atoms with E-state index in [1.54, 1.807) is 6.07 Å². The van der Waals surface area contributed by atoms with Crippen LogP contribution < -0.4 is 5.32 Å². The Morgan fingerprint density at radius 3 is 2.68 bits per heavy atom. The van der Waals surface area contributed by atoms with E-state index in [1.165, 1.54) is 12.3 Å². The van der Waals surface area contributed by atoms with Crippen LogP contribution in [-0.2, 0) is 0 Å². The van der Waals surface area contributed by atoms with E-state index in [0.29, 0.717) is 0 Å². The SMILES string of the molecule is CNc1cccc2ccc(-c3ccc(F)nc3)nc12. The maximum Gasteiger partial charge on any atom is 0.212 e. The zero-order chi connectivity index (χ0) is 13.2. The van der Waals surface area contributed by atoms with E-state index in [2.05, 4.69) is 15.3 Å². The summed E-state index contributed by atoms with van der Waals surface area (Å²) >= 11 is 0. The summed E-state index contributed by atoms with van der Waals surface area (Å²) in [7, 11) is 1.86. The van der Waals surface area contributed by atoms with E-state index in [-0.39, 0.29) is 0 Å². The highest BCUT2D eigenvalue weighted by Gasteiger charge is 2.05. The van der Waals surface area contributed by atoms with Crippen LogP contribution in [0.5, 0.6) is 0 Å². The Labute approximate surface area is 110 Å². The molecule has 0 radical (unpaired) electrons. The molecule has 4 heteroatoms. The largest absolute Gasteiger partial charge is 0.386 e. The van der Waals surface area contributed by atoms with Crippen LogP contribution in [-0.4, -0.2) is 17.0 Å². The Kier molecular flexibility index (Phi) is 2.83. The van der Waals surface area contributed by atoms with Crippen LogP contribution in [0, 0.1) is 5.95 Å². The van der Waals surface area contributed by atoms with Gasteiger partial charge < -0.3 is 5.32 Å². The first-order chi connectivity index (χ1) is 9.28. The van der Waals surface area contributed by atoms with E-state index in [0.717, 1.165) is 27.8 Å². The molecule has 0 saturated heterocycles. The second kappa shape index (κ2) is 4.65. The molecule has 0 aliphatic rings. The maximum absolute atomic E-state index is 12.8. The van der Waals surface area contributed by atoms with Gasteiger partial charge in [-0.25, -0.2) is 9.97 Å². The van der Waals surface area contributed by atoms with Crippen molar-refractivity contribution >= 4 is 16.6 Å². The number of nitrogens with zero attached hydrogens (tertiary/aromatic N) is 2. The minimum atomic E-state index is -0.486. The van der Waals surface area contributed by atoms with Crippen LogP contribution >= 0.6 is 0 Å². The molecule has 0 amide bonds. The summed E-state index contributed by atoms with van der Waals surface area (Å²) < 4.78 is 12.8. The van der Waals surface area contributed by atoms with Gasteiger partial charge in [-0.05, 0) is 24.3 Å². The van der Waals surface area contributed by atoms with Crippen molar-refractivity contribution < 1.29 is 4.39 Å². The number of hydrogen-bond acceptors (Lipinski definition) is 3. The van der Waals surface area contributed by atoms with Crippen LogP contribution in [0.2, 0.25) is 0 Å². The highest BCUT2D eigenvalue weighted by Crippen LogP contribution is 2.25. The van der Waals surface area contributed by atoms with Gasteiger partial charge in [0.05, 0.1) is 16.9 Å². The Morgan fingerprint density at radius 1 is 1.05 bits per heavy atom. The van der Waals surface area contributed by atoms with Gasteiger partial charge in [0.2, 0.25) is 5.95 Å². The number of para-hydroxylation sites is 1. The molecule has 0 saturated carbocycles. The molecule has 3 rings (SSSR count). The predicted octanol–water partition coefficient (Wildman–Crippen LogP) is 3.48. The number of benzene rings is 1. The molecular weight excluding hydrogens is 241 g/mol. The second-order valence-corrected chi connectivity index (χ2v) is 4.19. The van der Waals surface area contributed by atoms with Gasteiger partial charge in [0.15, 0.2) is 0 Å². The molecule has 0 spiro atoms. The highest BCUT2D eigenvalue weighted by atomic mass is 19.1. The average molecular weight is 253 g/mol. The fourth-order valence-electron chi connectivity index (χ4n) is 2.04. The van der Waals surface area contributed by atoms with Gasteiger partial charge in [0.25, 0.3) is 0 Å². The maximum atomic E-state index is 12.8. The Morgan fingerprint density at radius 2 is 1.95 bits per heavy atom. The topological polar surface area (TPSA) is 37.8 Å². The first kappa shape index (κ1) is 11.6. The number of halogens is 1. The summed E-state index contributed by atoms with van der Waals surface area (Å²) in [6, 6.07) is 12.9. The van der Waals surface area contributed by atoms with Crippen molar-refractivity contribution in [3.63, 3.8) is 0 Å². The van der Waals surface area contributed by atoms with Crippen molar-refractivity contribution in [1.29, 1.82) is 0 Å². The summed E-state index contributed by atoms with van der Waals surface area (Å²) in [5, 5.41) is 4.18. The van der Waals surface area contributed by atoms with E-state index in [4.69, 9.17) is 0 Å². The van der Waals surface area contributed by atoms with Crippen LogP contribution in [0.3, 0.4) is 0 Å². The van der Waals surface area contributed by atoms with E-state index < -0.39 is 5.95 Å². The summed E-state index contributed by atoms with van der Waals surface area (Å²) in [5.41, 5.74) is 3.44. The lowest BCUT2D eigenvalue weighted by Gasteiger charge is -2.07. The zero-order valence-corrected chi connectivity index (χ0v) is 10.4. The normalized spacial score (nSPS) is 10.6. The van der Waals surface area contributed by atoms with Crippen LogP contribution in [0.1, 0.15) is 0 Å². The fraction of sp³-hybridized carbons (Fsp3) is 0.0667. The molecule has 0 fully saturated rings. The molecule has 2 aromatic heterocycles. The lowest BCUT2D eigenvalue weighted by molar-refractivity contribution is 0.584. The van der Waals surface area contributed by atoms with Crippen molar-refractivity contribution in [2.45, 2.75) is 0 Å². The molecule has 3 nitrogen and oxygen atoms in total. The number of rotatable bonds is 2. The molecule has 1 N–H and O–H groups in total. The fourth-order valence-corrected chi connectivity index (χ4v) is 2.04. The second-order valence-electron chi connectivity index (χ2n) is 4.19. The minimum Gasteiger partial charge on any atom is -0.386 e. The molecule has 0 aliphatic carbocycles. The quantitative estimate of drug-likeness (QED) is 0.710. The number of aromatic nitrogens is 2. The van der Waals surface area contributed by atoms with E-state index in [1.807, 2.05) is 37.4 Å². The third kappa shape index (κ3) is 2.12. The van der Waals surface area contributed by atoms with Gasteiger partial charge in [0.1, 0.15) is 0 Å². The molecule has 0 aliphatic heterocycles. The van der Waals surface area contributed by atoms with Gasteiger partial charge in [-0.3, -0.25) is 0 Å². The van der Waals surface area contributed by atoms with Gasteiger partial charge in [-0.2, -0.15) is 4.39 Å². The van der Waals surface area contributed by atoms with E-state index in [9.17, 15) is 4.39 Å². The monoisotopic (exact) mass is 253 g/mol. The van der Waals surface area contributed by atoms with Crippen LogP contribution in [0.15, 0.2) is 48.7 Å². The van der Waals surface area contributed by atoms with Crippen molar-refractivity contribution in [3.8, 4) is 11.3 Å². The summed E-state index contributed by atoms with van der Waals surface area (Å²) in [6.45, 7) is 0. The van der Waals surface area contributed by atoms with Crippen LogP contribution in [0.25, 0.3) is 22.2 Å². The molecule has 2 heterocycles. The van der Waals surface area contributed by atoms with Crippen molar-refractivity contribution in [3.05, 3.63) is 54.6 Å². The van der Waals surface area contributed by atoms with Crippen LogP contribution in [0.4, 0.5) is 10.1 Å². The number of anilines is 1. The van der Waals surface area contributed by atoms with E-state index >= 15 is 0 Å². The molecule has 94 valence electrons. The first-order valence-corrected chi connectivity index (χ1v) is 5.97. The molecule has 0 unspecified atom stereocenters. The third-order valence-electron chi connectivity index (χ3n) is 3.01. The molecule has 19 heavy (non-hydrogen) atoms. The Bertz CT molecular complexity index is 723. The summed E-state index contributed by atoms with van der Waals surface area (Å²) in [5.74, 6) is -0.486. The Balaban J connectivity index is 2.18. The highest BCUT2D eigenvalue weighted by molar-refractivity contribution is 5.91. The molecule has 0 atom stereocenters. The molecular formula is C15H12FN3. The van der Waals surface area contributed by atoms with Crippen molar-refractivity contribution in [2.75, 3.05) is 12.4 Å². The Hall–Kier alpha value is -2.49. The smallest absolute Gasteiger partial charge is 0.212 e. The van der Waals surface area contributed by atoms with Gasteiger partial charge in [-0.15, -0.1) is 0 Å². The van der Waals surface area contributed by atoms with Gasteiger partial charge in [-0.1, -0.05) is 18.2 Å². The van der Waals surface area contributed by atoms with Gasteiger partial charge >= 0.3 is 0 Å². The standard InChI is InChI=1S/C15H12FN3/c1-17-13-4-2-3-10-5-7-12(19-15(10)13)11-6-8-14(16)18-9-11/h2-9,17H,1H3. The third-order valence-corrected chi connectivity index (χ3v) is 3.01. The summed E-state index contributed by atoms with van der Waals surface area (Å²) in [4.78, 5) is 8.28. The minimum absolute atomic E-state index is 0.486. The lowest BCUT2D eigenvalue weighted by Crippen LogP contribution is -1.93. The first-order valence-electron chi connectivity index (χ1n) is 5.97. The lowest BCUT2D eigenvalue weighted by atomic mass is 10.1. The molecule has 3 aromatic rings. The number of fused-ring (bicyclic) bond motifs is 1. The number of pyridine rings is 2. The zero-order valence-electron chi connectivity index (χ0n) is 10.4. The molecule has 0 bridgehead atoms. The van der Waals surface area contributed by atoms with Gasteiger partial charge in [0, 0.05) is 24.2 Å². The van der Waals surface area contributed by atoms with Crippen molar-refractivity contribution in [1.82, 2.24) is 9.97 Å². The molecule has 1 aromatic carbocycles. The number of hydrogen-bond donors (Lipinski definition) is 1. The average Bonchev–Trinajstić information content (AvgIpc) is 2.47.